The molecule has 1 aliphatic heterocycles. The second-order valence-electron chi connectivity index (χ2n) is 5.21. The average molecular weight is 285 g/mol. The molecule has 2 amide bonds. The number of hydrogen-bond donors (Lipinski definition) is 0. The first-order valence-electron chi connectivity index (χ1n) is 6.86. The summed E-state index contributed by atoms with van der Waals surface area (Å²) in [4.78, 5) is 37.5. The Morgan fingerprint density at radius 1 is 1.19 bits per heavy atom. The highest BCUT2D eigenvalue weighted by atomic mass is 16.5. The summed E-state index contributed by atoms with van der Waals surface area (Å²) < 4.78 is 5.22. The van der Waals surface area contributed by atoms with Crippen LogP contribution in [0.25, 0.3) is 0 Å². The average Bonchev–Trinajstić information content (AvgIpc) is 2.72. The van der Waals surface area contributed by atoms with Crippen LogP contribution in [0.2, 0.25) is 0 Å². The summed E-state index contributed by atoms with van der Waals surface area (Å²) >= 11 is 0. The molecule has 0 radical (unpaired) electrons. The molecule has 1 aromatic rings. The number of esters is 1. The highest BCUT2D eigenvalue weighted by Gasteiger charge is 2.52. The number of fused-ring (bicyclic) bond motifs is 1. The molecular weight excluding hydrogens is 270 g/mol. The maximum atomic E-state index is 12.6. The van der Waals surface area contributed by atoms with Crippen LogP contribution in [0.1, 0.15) is 13.3 Å². The van der Waals surface area contributed by atoms with Crippen molar-refractivity contribution in [1.29, 1.82) is 0 Å². The number of benzene rings is 1. The van der Waals surface area contributed by atoms with Gasteiger partial charge in [-0.2, -0.15) is 0 Å². The van der Waals surface area contributed by atoms with Gasteiger partial charge in [0.15, 0.2) is 0 Å². The molecule has 108 valence electrons. The molecule has 1 unspecified atom stereocenters. The third-order valence-electron chi connectivity index (χ3n) is 3.84. The molecule has 0 saturated carbocycles. The van der Waals surface area contributed by atoms with Crippen molar-refractivity contribution in [2.75, 3.05) is 4.90 Å². The lowest BCUT2D eigenvalue weighted by Crippen LogP contribution is -2.37. The van der Waals surface area contributed by atoms with Gasteiger partial charge in [0.05, 0.1) is 17.5 Å². The number of nitrogens with zero attached hydrogens (tertiary/aromatic N) is 1. The minimum Gasteiger partial charge on any atom is -0.461 e. The van der Waals surface area contributed by atoms with Crippen molar-refractivity contribution in [2.24, 2.45) is 11.8 Å². The normalized spacial score (nSPS) is 27.7. The summed E-state index contributed by atoms with van der Waals surface area (Å²) in [6, 6.07) is 8.81. The largest absolute Gasteiger partial charge is 0.461 e. The van der Waals surface area contributed by atoms with E-state index >= 15 is 0 Å². The van der Waals surface area contributed by atoms with E-state index in [1.54, 1.807) is 36.4 Å². The summed E-state index contributed by atoms with van der Waals surface area (Å²) in [5, 5.41) is 0. The number of hydrogen-bond acceptors (Lipinski definition) is 4. The lowest BCUT2D eigenvalue weighted by atomic mass is 9.83. The molecule has 1 aromatic carbocycles. The molecule has 1 aliphatic carbocycles. The van der Waals surface area contributed by atoms with E-state index < -0.39 is 23.9 Å². The highest BCUT2D eigenvalue weighted by Crippen LogP contribution is 2.38. The molecule has 1 heterocycles. The third-order valence-corrected chi connectivity index (χ3v) is 3.84. The number of carbonyl (C=O) groups is 3. The lowest BCUT2D eigenvalue weighted by molar-refractivity contribution is -0.151. The van der Waals surface area contributed by atoms with Crippen LogP contribution in [0.3, 0.4) is 0 Å². The predicted molar refractivity (Wildman–Crippen MR) is 75.2 cm³/mol. The zero-order valence-corrected chi connectivity index (χ0v) is 11.6. The van der Waals surface area contributed by atoms with Crippen molar-refractivity contribution in [2.45, 2.75) is 19.4 Å². The van der Waals surface area contributed by atoms with Crippen LogP contribution in [0, 0.1) is 11.8 Å². The molecule has 0 spiro atoms. The Kier molecular flexibility index (Phi) is 3.33. The van der Waals surface area contributed by atoms with E-state index in [1.807, 2.05) is 6.07 Å². The van der Waals surface area contributed by atoms with Crippen molar-refractivity contribution in [3.05, 3.63) is 42.5 Å². The fraction of sp³-hybridized carbons (Fsp3) is 0.312. The van der Waals surface area contributed by atoms with Gasteiger partial charge in [-0.1, -0.05) is 30.4 Å². The summed E-state index contributed by atoms with van der Waals surface area (Å²) in [6.45, 7) is 1.31. The SMILES string of the molecule is CC(=O)OC1CC=C[C@@H]2C(=O)N(c3ccccc3)C(=O)[C@H]12. The second kappa shape index (κ2) is 5.16. The Morgan fingerprint density at radius 3 is 2.57 bits per heavy atom. The van der Waals surface area contributed by atoms with Crippen LogP contribution >= 0.6 is 0 Å². The number of para-hydroxylation sites is 1. The van der Waals surface area contributed by atoms with E-state index in [0.29, 0.717) is 12.1 Å². The molecule has 0 bridgehead atoms. The maximum Gasteiger partial charge on any atom is 0.302 e. The number of rotatable bonds is 2. The van der Waals surface area contributed by atoms with Gasteiger partial charge in [0.25, 0.3) is 0 Å². The van der Waals surface area contributed by atoms with Crippen LogP contribution in [0.15, 0.2) is 42.5 Å². The Balaban J connectivity index is 1.95. The van der Waals surface area contributed by atoms with E-state index in [-0.39, 0.29) is 11.8 Å². The first-order chi connectivity index (χ1) is 10.1. The van der Waals surface area contributed by atoms with Gasteiger partial charge in [-0.05, 0) is 12.1 Å². The molecule has 1 saturated heterocycles. The molecule has 3 atom stereocenters. The smallest absolute Gasteiger partial charge is 0.302 e. The fourth-order valence-electron chi connectivity index (χ4n) is 2.98. The number of carbonyl (C=O) groups excluding carboxylic acids is 3. The van der Waals surface area contributed by atoms with Gasteiger partial charge in [-0.25, -0.2) is 4.90 Å². The molecule has 1 fully saturated rings. The van der Waals surface area contributed by atoms with Crippen LogP contribution in [-0.2, 0) is 19.1 Å². The Morgan fingerprint density at radius 2 is 1.90 bits per heavy atom. The maximum absolute atomic E-state index is 12.6. The van der Waals surface area contributed by atoms with Crippen LogP contribution in [0.5, 0.6) is 0 Å². The highest BCUT2D eigenvalue weighted by molar-refractivity contribution is 6.23. The van der Waals surface area contributed by atoms with E-state index in [4.69, 9.17) is 4.74 Å². The second-order valence-corrected chi connectivity index (χ2v) is 5.21. The van der Waals surface area contributed by atoms with E-state index in [1.165, 1.54) is 11.8 Å². The molecule has 21 heavy (non-hydrogen) atoms. The molecule has 3 rings (SSSR count). The van der Waals surface area contributed by atoms with Crippen LogP contribution < -0.4 is 4.90 Å². The number of anilines is 1. The third kappa shape index (κ3) is 2.24. The van der Waals surface area contributed by atoms with Crippen molar-refractivity contribution in [3.8, 4) is 0 Å². The zero-order chi connectivity index (χ0) is 15.0. The number of ether oxygens (including phenoxy) is 1. The van der Waals surface area contributed by atoms with Gasteiger partial charge >= 0.3 is 5.97 Å². The summed E-state index contributed by atoms with van der Waals surface area (Å²) in [6.07, 6.45) is 3.44. The minimum absolute atomic E-state index is 0.260. The molecule has 2 aliphatic rings. The van der Waals surface area contributed by atoms with Gasteiger partial charge < -0.3 is 4.74 Å². The van der Waals surface area contributed by atoms with Gasteiger partial charge in [-0.15, -0.1) is 0 Å². The monoisotopic (exact) mass is 285 g/mol. The lowest BCUT2D eigenvalue weighted by Gasteiger charge is -2.26. The number of imide groups is 1. The summed E-state index contributed by atoms with van der Waals surface area (Å²) in [7, 11) is 0. The predicted octanol–water partition coefficient (Wildman–Crippen LogP) is 1.68. The topological polar surface area (TPSA) is 63.7 Å². The van der Waals surface area contributed by atoms with Crippen LogP contribution in [-0.4, -0.2) is 23.9 Å². The first-order valence-corrected chi connectivity index (χ1v) is 6.86. The van der Waals surface area contributed by atoms with Crippen molar-refractivity contribution in [1.82, 2.24) is 0 Å². The molecule has 0 N–H and O–H groups in total. The van der Waals surface area contributed by atoms with E-state index in [2.05, 4.69) is 0 Å². The molecule has 5 heteroatoms. The van der Waals surface area contributed by atoms with Crippen molar-refractivity contribution < 1.29 is 19.1 Å². The first kappa shape index (κ1) is 13.5. The van der Waals surface area contributed by atoms with E-state index in [9.17, 15) is 14.4 Å². The van der Waals surface area contributed by atoms with Crippen molar-refractivity contribution >= 4 is 23.5 Å². The van der Waals surface area contributed by atoms with Gasteiger partial charge in [0, 0.05) is 13.3 Å². The summed E-state index contributed by atoms with van der Waals surface area (Å²) in [5.41, 5.74) is 0.553. The molecular formula is C16H15NO4. The Labute approximate surface area is 122 Å². The molecule has 0 aromatic heterocycles. The fourth-order valence-corrected chi connectivity index (χ4v) is 2.98. The minimum atomic E-state index is -0.619. The van der Waals surface area contributed by atoms with Gasteiger partial charge in [0.2, 0.25) is 11.8 Å². The van der Waals surface area contributed by atoms with Gasteiger partial charge in [-0.3, -0.25) is 14.4 Å². The standard InChI is InChI=1S/C16H15NO4/c1-10(18)21-13-9-5-8-12-14(13)16(20)17(15(12)19)11-6-3-2-4-7-11/h2-8,12-14H,9H2,1H3/t12-,13?,14-/m0/s1. The Hall–Kier alpha value is -2.43. The van der Waals surface area contributed by atoms with E-state index in [0.717, 1.165) is 0 Å². The zero-order valence-electron chi connectivity index (χ0n) is 11.6. The number of amides is 2. The van der Waals surface area contributed by atoms with Crippen molar-refractivity contribution in [3.63, 3.8) is 0 Å². The molecule has 5 nitrogen and oxygen atoms in total. The summed E-state index contributed by atoms with van der Waals surface area (Å²) in [5.74, 6) is -2.16. The quantitative estimate of drug-likeness (QED) is 0.471. The van der Waals surface area contributed by atoms with Crippen LogP contribution in [0.4, 0.5) is 5.69 Å². The van der Waals surface area contributed by atoms with Gasteiger partial charge in [0.1, 0.15) is 6.10 Å². The Bertz CT molecular complexity index is 622.